The molecular weight excluding hydrogens is 382 g/mol. The monoisotopic (exact) mass is 404 g/mol. The van der Waals surface area contributed by atoms with Crippen LogP contribution < -0.4 is 10.1 Å². The SMILES string of the molecule is [B]c1sc([C@@]2(C)NC(=C)N(C)C(=O)[C@H]2C2CC2)cc1-c1ccc(F)c(C=C=C)c1. The molecule has 2 heterocycles. The van der Waals surface area contributed by atoms with E-state index in [4.69, 9.17) is 7.85 Å². The van der Waals surface area contributed by atoms with E-state index in [0.717, 1.165) is 28.8 Å². The van der Waals surface area contributed by atoms with Crippen molar-refractivity contribution in [2.24, 2.45) is 11.8 Å². The van der Waals surface area contributed by atoms with Gasteiger partial charge in [0.15, 0.2) is 0 Å². The summed E-state index contributed by atoms with van der Waals surface area (Å²) < 4.78 is 14.6. The second-order valence-corrected chi connectivity index (χ2v) is 9.04. The van der Waals surface area contributed by atoms with E-state index in [1.807, 2.05) is 6.07 Å². The van der Waals surface area contributed by atoms with Gasteiger partial charge in [0.2, 0.25) is 5.91 Å². The van der Waals surface area contributed by atoms with Crippen LogP contribution in [0.25, 0.3) is 17.2 Å². The smallest absolute Gasteiger partial charge is 0.233 e. The lowest BCUT2D eigenvalue weighted by atomic mass is 9.77. The van der Waals surface area contributed by atoms with Gasteiger partial charge in [-0.25, -0.2) is 4.39 Å². The Labute approximate surface area is 176 Å². The Bertz CT molecular complexity index is 1070. The largest absolute Gasteiger partial charge is 0.361 e. The average Bonchev–Trinajstić information content (AvgIpc) is 3.42. The lowest BCUT2D eigenvalue weighted by Gasteiger charge is -2.46. The Morgan fingerprint density at radius 1 is 1.41 bits per heavy atom. The van der Waals surface area contributed by atoms with Crippen LogP contribution in [0.15, 0.2) is 49.0 Å². The van der Waals surface area contributed by atoms with Gasteiger partial charge in [0.05, 0.1) is 11.5 Å². The van der Waals surface area contributed by atoms with E-state index in [2.05, 4.69) is 31.1 Å². The third-order valence-corrected chi connectivity index (χ3v) is 7.16. The Morgan fingerprint density at radius 2 is 2.14 bits per heavy atom. The van der Waals surface area contributed by atoms with Crippen LogP contribution in [0.4, 0.5) is 4.39 Å². The summed E-state index contributed by atoms with van der Waals surface area (Å²) in [6.45, 7) is 9.59. The number of halogens is 1. The van der Waals surface area contributed by atoms with E-state index in [1.165, 1.54) is 23.5 Å². The molecule has 6 heteroatoms. The van der Waals surface area contributed by atoms with Crippen molar-refractivity contribution in [2.75, 3.05) is 7.05 Å². The zero-order chi connectivity index (χ0) is 20.9. The first-order chi connectivity index (χ1) is 13.8. The molecule has 29 heavy (non-hydrogen) atoms. The summed E-state index contributed by atoms with van der Waals surface area (Å²) in [6.07, 6.45) is 3.61. The topological polar surface area (TPSA) is 32.3 Å². The Morgan fingerprint density at radius 3 is 2.79 bits per heavy atom. The van der Waals surface area contributed by atoms with Crippen LogP contribution in [0.3, 0.4) is 0 Å². The minimum Gasteiger partial charge on any atom is -0.361 e. The molecule has 1 aromatic heterocycles. The fourth-order valence-corrected chi connectivity index (χ4v) is 5.28. The third-order valence-electron chi connectivity index (χ3n) is 5.96. The molecule has 1 aliphatic carbocycles. The Hall–Kier alpha value is -2.56. The van der Waals surface area contributed by atoms with Crippen molar-refractivity contribution in [1.29, 1.82) is 0 Å². The van der Waals surface area contributed by atoms with Crippen molar-refractivity contribution in [3.63, 3.8) is 0 Å². The molecule has 0 bridgehead atoms. The third kappa shape index (κ3) is 3.27. The van der Waals surface area contributed by atoms with E-state index in [-0.39, 0.29) is 17.6 Å². The van der Waals surface area contributed by atoms with Crippen molar-refractivity contribution in [2.45, 2.75) is 25.3 Å². The number of amides is 1. The molecule has 0 spiro atoms. The summed E-state index contributed by atoms with van der Waals surface area (Å²) in [5, 5.41) is 3.47. The number of nitrogens with zero attached hydrogens (tertiary/aromatic N) is 1. The number of rotatable bonds is 4. The second-order valence-electron chi connectivity index (χ2n) is 7.96. The summed E-state index contributed by atoms with van der Waals surface area (Å²) in [4.78, 5) is 15.7. The first-order valence-electron chi connectivity index (χ1n) is 9.56. The van der Waals surface area contributed by atoms with Crippen LogP contribution in [-0.4, -0.2) is 25.7 Å². The van der Waals surface area contributed by atoms with Gasteiger partial charge in [0.25, 0.3) is 0 Å². The average molecular weight is 404 g/mol. The number of carbonyl (C=O) groups excluding carboxylic acids is 1. The maximum absolute atomic E-state index is 14.0. The lowest BCUT2D eigenvalue weighted by Crippen LogP contribution is -2.59. The maximum atomic E-state index is 14.0. The van der Waals surface area contributed by atoms with Crippen LogP contribution >= 0.6 is 11.3 Å². The lowest BCUT2D eigenvalue weighted by molar-refractivity contribution is -0.139. The second kappa shape index (κ2) is 7.05. The maximum Gasteiger partial charge on any atom is 0.233 e. The molecular formula is C23H22BFN2OS. The fourth-order valence-electron chi connectivity index (χ4n) is 4.19. The van der Waals surface area contributed by atoms with Gasteiger partial charge in [0, 0.05) is 17.5 Å². The van der Waals surface area contributed by atoms with Gasteiger partial charge in [-0.1, -0.05) is 19.2 Å². The molecule has 3 nitrogen and oxygen atoms in total. The molecule has 2 aromatic rings. The van der Waals surface area contributed by atoms with Gasteiger partial charge in [-0.15, -0.1) is 5.73 Å². The Kier molecular flexibility index (Phi) is 4.80. The number of nitrogens with one attached hydrogen (secondary N) is 1. The zero-order valence-electron chi connectivity index (χ0n) is 16.6. The first-order valence-corrected chi connectivity index (χ1v) is 10.4. The van der Waals surface area contributed by atoms with Gasteiger partial charge in [-0.05, 0) is 65.9 Å². The minimum absolute atomic E-state index is 0.0902. The van der Waals surface area contributed by atoms with Crippen LogP contribution in [0.2, 0.25) is 0 Å². The van der Waals surface area contributed by atoms with Crippen molar-refractivity contribution in [3.05, 3.63) is 65.2 Å². The van der Waals surface area contributed by atoms with Crippen molar-refractivity contribution < 1.29 is 9.18 Å². The quantitative estimate of drug-likeness (QED) is 0.619. The van der Waals surface area contributed by atoms with E-state index >= 15 is 0 Å². The summed E-state index contributed by atoms with van der Waals surface area (Å²) >= 11 is 1.46. The number of hydrogen-bond acceptors (Lipinski definition) is 3. The molecule has 1 saturated carbocycles. The molecule has 2 atom stereocenters. The highest BCUT2D eigenvalue weighted by Crippen LogP contribution is 2.50. The number of carbonyl (C=O) groups is 1. The number of thiophene rings is 1. The van der Waals surface area contributed by atoms with Crippen molar-refractivity contribution >= 4 is 35.9 Å². The van der Waals surface area contributed by atoms with Gasteiger partial charge >= 0.3 is 0 Å². The van der Waals surface area contributed by atoms with Gasteiger partial charge < -0.3 is 10.2 Å². The molecule has 2 fully saturated rings. The molecule has 1 saturated heterocycles. The van der Waals surface area contributed by atoms with E-state index < -0.39 is 5.54 Å². The van der Waals surface area contributed by atoms with Gasteiger partial charge in [-0.2, -0.15) is 11.3 Å². The first kappa shape index (κ1) is 19.7. The predicted molar refractivity (Wildman–Crippen MR) is 117 cm³/mol. The normalized spacial score (nSPS) is 24.2. The standard InChI is InChI=1S/C23H22BFN2OS/c1-5-6-16-11-15(9-10-18(16)25)17-12-19(29-21(17)24)23(3)20(14-7-8-14)22(28)27(4)13(2)26-23/h6,9-12,14,20,26H,1-2,7-8H2,3-4H3/t20-,23-/m1/s1. The van der Waals surface area contributed by atoms with E-state index in [0.29, 0.717) is 22.1 Å². The highest BCUT2D eigenvalue weighted by atomic mass is 32.1. The molecule has 2 radical (unpaired) electrons. The molecule has 1 N–H and O–H groups in total. The minimum atomic E-state index is -0.581. The molecule has 4 rings (SSSR count). The number of hydrogen-bond donors (Lipinski definition) is 1. The summed E-state index contributed by atoms with van der Waals surface area (Å²) in [7, 11) is 8.13. The number of benzene rings is 1. The summed E-state index contributed by atoms with van der Waals surface area (Å²) in [5.41, 5.74) is 4.09. The molecule has 1 amide bonds. The van der Waals surface area contributed by atoms with Crippen molar-refractivity contribution in [3.8, 4) is 11.1 Å². The van der Waals surface area contributed by atoms with Gasteiger partial charge in [-0.3, -0.25) is 4.79 Å². The summed E-state index contributed by atoms with van der Waals surface area (Å²) in [6, 6.07) is 6.89. The van der Waals surface area contributed by atoms with Crippen molar-refractivity contribution in [1.82, 2.24) is 10.2 Å². The molecule has 0 unspecified atom stereocenters. The predicted octanol–water partition coefficient (Wildman–Crippen LogP) is 3.92. The van der Waals surface area contributed by atoms with Gasteiger partial charge in [0.1, 0.15) is 19.5 Å². The fraction of sp³-hybridized carbons (Fsp3) is 0.304. The Balaban J connectivity index is 1.79. The van der Waals surface area contributed by atoms with E-state index in [1.54, 1.807) is 24.1 Å². The summed E-state index contributed by atoms with van der Waals surface area (Å²) in [5.74, 6) is 0.531. The van der Waals surface area contributed by atoms with Crippen LogP contribution in [0, 0.1) is 17.7 Å². The van der Waals surface area contributed by atoms with E-state index in [9.17, 15) is 9.18 Å². The molecule has 146 valence electrons. The van der Waals surface area contributed by atoms with Crippen LogP contribution in [-0.2, 0) is 10.3 Å². The molecule has 1 aliphatic heterocycles. The highest BCUT2D eigenvalue weighted by Gasteiger charge is 2.53. The van der Waals surface area contributed by atoms with Crippen LogP contribution in [0.5, 0.6) is 0 Å². The molecule has 1 aromatic carbocycles. The molecule has 2 aliphatic rings. The zero-order valence-corrected chi connectivity index (χ0v) is 17.4. The van der Waals surface area contributed by atoms with Crippen LogP contribution in [0.1, 0.15) is 30.2 Å². The highest BCUT2D eigenvalue weighted by molar-refractivity contribution is 7.21.